The predicted octanol–water partition coefficient (Wildman–Crippen LogP) is 4.13. The number of hydrogen-bond acceptors (Lipinski definition) is 3. The van der Waals surface area contributed by atoms with Gasteiger partial charge in [0.25, 0.3) is 5.91 Å². The third kappa shape index (κ3) is 5.26. The smallest absolute Gasteiger partial charge is 0.253 e. The third-order valence-corrected chi connectivity index (χ3v) is 6.01. The van der Waals surface area contributed by atoms with Crippen molar-refractivity contribution in [1.82, 2.24) is 15.2 Å². The highest BCUT2D eigenvalue weighted by atomic mass is 16.5. The molecule has 2 aromatic carbocycles. The van der Waals surface area contributed by atoms with Gasteiger partial charge < -0.3 is 19.9 Å². The molecule has 6 heteroatoms. The van der Waals surface area contributed by atoms with Crippen LogP contribution in [0.15, 0.2) is 54.7 Å². The third-order valence-electron chi connectivity index (χ3n) is 6.01. The van der Waals surface area contributed by atoms with Crippen LogP contribution in [0.4, 0.5) is 0 Å². The highest BCUT2D eigenvalue weighted by Gasteiger charge is 2.25. The average Bonchev–Trinajstić information content (AvgIpc) is 3.29. The second kappa shape index (κ2) is 9.69. The molecule has 1 unspecified atom stereocenters. The summed E-state index contributed by atoms with van der Waals surface area (Å²) in [7, 11) is 1.63. The summed E-state index contributed by atoms with van der Waals surface area (Å²) in [5.41, 5.74) is 2.71. The molecule has 4 rings (SSSR count). The summed E-state index contributed by atoms with van der Waals surface area (Å²) in [6, 6.07) is 15.5. The zero-order valence-electron chi connectivity index (χ0n) is 17.9. The summed E-state index contributed by atoms with van der Waals surface area (Å²) >= 11 is 0. The Morgan fingerprint density at radius 3 is 2.97 bits per heavy atom. The topological polar surface area (TPSA) is 74.4 Å². The summed E-state index contributed by atoms with van der Waals surface area (Å²) in [6.45, 7) is 1.98. The number of rotatable bonds is 7. The van der Waals surface area contributed by atoms with Gasteiger partial charge in [-0.1, -0.05) is 18.2 Å². The fourth-order valence-electron chi connectivity index (χ4n) is 4.26. The number of amides is 2. The number of hydrogen-bond donors (Lipinski definition) is 2. The molecule has 0 spiro atoms. The number of H-pyrrole nitrogens is 1. The first-order valence-corrected chi connectivity index (χ1v) is 10.9. The van der Waals surface area contributed by atoms with E-state index >= 15 is 0 Å². The quantitative estimate of drug-likeness (QED) is 0.605. The molecule has 31 heavy (non-hydrogen) atoms. The molecule has 1 aromatic heterocycles. The van der Waals surface area contributed by atoms with Crippen LogP contribution in [-0.4, -0.2) is 41.9 Å². The van der Waals surface area contributed by atoms with Crippen molar-refractivity contribution in [2.24, 2.45) is 5.92 Å². The summed E-state index contributed by atoms with van der Waals surface area (Å²) in [5.74, 6) is 1.26. The van der Waals surface area contributed by atoms with Crippen LogP contribution in [0.2, 0.25) is 0 Å². The Morgan fingerprint density at radius 2 is 2.10 bits per heavy atom. The van der Waals surface area contributed by atoms with Gasteiger partial charge in [0.15, 0.2) is 0 Å². The number of fused-ring (bicyclic) bond motifs is 1. The number of likely N-dealkylation sites (tertiary alicyclic amines) is 1. The van der Waals surface area contributed by atoms with Crippen LogP contribution in [0, 0.1) is 5.92 Å². The zero-order valence-corrected chi connectivity index (χ0v) is 17.9. The lowest BCUT2D eigenvalue weighted by molar-refractivity contribution is -0.121. The lowest BCUT2D eigenvalue weighted by atomic mass is 9.92. The molecule has 2 heterocycles. The Labute approximate surface area is 182 Å². The number of nitrogens with zero attached hydrogens (tertiary/aromatic N) is 1. The van der Waals surface area contributed by atoms with E-state index in [-0.39, 0.29) is 11.8 Å². The van der Waals surface area contributed by atoms with Crippen molar-refractivity contribution in [2.75, 3.05) is 20.2 Å². The first-order valence-electron chi connectivity index (χ1n) is 10.9. The number of aromatic nitrogens is 1. The maximum Gasteiger partial charge on any atom is 0.253 e. The normalized spacial score (nSPS) is 16.3. The number of aromatic amines is 1. The Kier molecular flexibility index (Phi) is 6.55. The van der Waals surface area contributed by atoms with Crippen LogP contribution in [0.1, 0.15) is 41.6 Å². The van der Waals surface area contributed by atoms with Crippen LogP contribution < -0.4 is 10.1 Å². The summed E-state index contributed by atoms with van der Waals surface area (Å²) < 4.78 is 5.22. The van der Waals surface area contributed by atoms with Crippen molar-refractivity contribution >= 4 is 22.7 Å². The molecule has 1 aliphatic heterocycles. The van der Waals surface area contributed by atoms with Crippen molar-refractivity contribution in [1.29, 1.82) is 0 Å². The van der Waals surface area contributed by atoms with E-state index in [0.29, 0.717) is 31.0 Å². The molecule has 0 saturated carbocycles. The molecule has 1 saturated heterocycles. The van der Waals surface area contributed by atoms with E-state index in [0.717, 1.165) is 48.0 Å². The van der Waals surface area contributed by atoms with Gasteiger partial charge in [-0.3, -0.25) is 9.59 Å². The number of carbonyl (C=O) groups is 2. The van der Waals surface area contributed by atoms with Crippen LogP contribution in [0.3, 0.4) is 0 Å². The molecule has 0 bridgehead atoms. The van der Waals surface area contributed by atoms with Crippen molar-refractivity contribution in [3.63, 3.8) is 0 Å². The van der Waals surface area contributed by atoms with E-state index in [2.05, 4.69) is 10.3 Å². The Bertz CT molecular complexity index is 1060. The standard InChI is InChI=1S/C25H29N3O3/c1-31-22-6-2-4-19(14-22)16-27-24(29)10-7-18-5-3-13-28(17-18)25(30)21-9-8-20-11-12-26-23(20)15-21/h2,4,6,8-9,11-12,14-15,18,26H,3,5,7,10,13,16-17H2,1H3,(H,27,29). The summed E-state index contributed by atoms with van der Waals surface area (Å²) in [6.07, 6.45) is 5.19. The number of benzene rings is 2. The number of piperidine rings is 1. The van der Waals surface area contributed by atoms with Gasteiger partial charge in [0.2, 0.25) is 5.91 Å². The van der Waals surface area contributed by atoms with E-state index in [1.165, 1.54) is 0 Å². The minimum Gasteiger partial charge on any atom is -0.497 e. The average molecular weight is 420 g/mol. The summed E-state index contributed by atoms with van der Waals surface area (Å²) in [4.78, 5) is 30.4. The first kappa shape index (κ1) is 21.0. The molecule has 0 aliphatic carbocycles. The van der Waals surface area contributed by atoms with E-state index < -0.39 is 0 Å². The van der Waals surface area contributed by atoms with Gasteiger partial charge in [-0.25, -0.2) is 0 Å². The minimum atomic E-state index is 0.0449. The van der Waals surface area contributed by atoms with Crippen LogP contribution in [-0.2, 0) is 11.3 Å². The van der Waals surface area contributed by atoms with Crippen molar-refractivity contribution in [2.45, 2.75) is 32.2 Å². The number of nitrogens with one attached hydrogen (secondary N) is 2. The molecule has 1 atom stereocenters. The monoisotopic (exact) mass is 419 g/mol. The summed E-state index contributed by atoms with van der Waals surface area (Å²) in [5, 5.41) is 4.09. The first-order chi connectivity index (χ1) is 15.1. The van der Waals surface area contributed by atoms with Gasteiger partial charge in [-0.15, -0.1) is 0 Å². The molecule has 2 amide bonds. The molecule has 2 N–H and O–H groups in total. The van der Waals surface area contributed by atoms with Crippen molar-refractivity contribution in [3.05, 3.63) is 65.9 Å². The molecular weight excluding hydrogens is 390 g/mol. The van der Waals surface area contributed by atoms with E-state index in [9.17, 15) is 9.59 Å². The second-order valence-electron chi connectivity index (χ2n) is 8.21. The maximum atomic E-state index is 13.0. The zero-order chi connectivity index (χ0) is 21.6. The molecule has 1 fully saturated rings. The Hall–Kier alpha value is -3.28. The van der Waals surface area contributed by atoms with Crippen LogP contribution >= 0.6 is 0 Å². The molecular formula is C25H29N3O3. The fourth-order valence-corrected chi connectivity index (χ4v) is 4.26. The molecule has 6 nitrogen and oxygen atoms in total. The van der Waals surface area contributed by atoms with E-state index in [4.69, 9.17) is 4.74 Å². The second-order valence-corrected chi connectivity index (χ2v) is 8.21. The molecule has 0 radical (unpaired) electrons. The van der Waals surface area contributed by atoms with E-state index in [1.54, 1.807) is 7.11 Å². The highest BCUT2D eigenvalue weighted by Crippen LogP contribution is 2.23. The fraction of sp³-hybridized carbons (Fsp3) is 0.360. The maximum absolute atomic E-state index is 13.0. The van der Waals surface area contributed by atoms with Crippen molar-refractivity contribution < 1.29 is 14.3 Å². The van der Waals surface area contributed by atoms with Gasteiger partial charge >= 0.3 is 0 Å². The van der Waals surface area contributed by atoms with Gasteiger partial charge in [0, 0.05) is 43.3 Å². The number of methoxy groups -OCH3 is 1. The van der Waals surface area contributed by atoms with E-state index in [1.807, 2.05) is 59.6 Å². The Balaban J connectivity index is 1.26. The Morgan fingerprint density at radius 1 is 1.19 bits per heavy atom. The lowest BCUT2D eigenvalue weighted by Crippen LogP contribution is -2.40. The predicted molar refractivity (Wildman–Crippen MR) is 121 cm³/mol. The molecule has 3 aromatic rings. The SMILES string of the molecule is COc1cccc(CNC(=O)CCC2CCCN(C(=O)c3ccc4cc[nH]c4c3)C2)c1. The number of carbonyl (C=O) groups excluding carboxylic acids is 2. The van der Waals surface area contributed by atoms with Crippen molar-refractivity contribution in [3.8, 4) is 5.75 Å². The van der Waals surface area contributed by atoms with Gasteiger partial charge in [-0.05, 0) is 66.5 Å². The minimum absolute atomic E-state index is 0.0449. The molecule has 1 aliphatic rings. The highest BCUT2D eigenvalue weighted by molar-refractivity contribution is 5.98. The van der Waals surface area contributed by atoms with Gasteiger partial charge in [0.1, 0.15) is 5.75 Å². The molecule has 162 valence electrons. The van der Waals surface area contributed by atoms with Gasteiger partial charge in [0.05, 0.1) is 7.11 Å². The largest absolute Gasteiger partial charge is 0.497 e. The van der Waals surface area contributed by atoms with Crippen LogP contribution in [0.5, 0.6) is 5.75 Å². The number of ether oxygens (including phenoxy) is 1. The van der Waals surface area contributed by atoms with Crippen LogP contribution in [0.25, 0.3) is 10.9 Å². The lowest BCUT2D eigenvalue weighted by Gasteiger charge is -2.33. The van der Waals surface area contributed by atoms with Gasteiger partial charge in [-0.2, -0.15) is 0 Å².